The molecule has 0 saturated carbocycles. The van der Waals surface area contributed by atoms with Gasteiger partial charge in [0.1, 0.15) is 12.4 Å². The lowest BCUT2D eigenvalue weighted by Gasteiger charge is -2.18. The van der Waals surface area contributed by atoms with Crippen LogP contribution < -0.4 is 10.2 Å². The minimum absolute atomic E-state index is 0.0657. The van der Waals surface area contributed by atoms with Crippen molar-refractivity contribution >= 4 is 12.4 Å². The van der Waals surface area contributed by atoms with E-state index >= 15 is 0 Å². The zero-order chi connectivity index (χ0) is 13.2. The Balaban J connectivity index is 2.01. The van der Waals surface area contributed by atoms with E-state index in [9.17, 15) is 12.9 Å². The molecule has 2 rings (SSSR count). The maximum atomic E-state index is 12.5. The Labute approximate surface area is 104 Å². The fourth-order valence-corrected chi connectivity index (χ4v) is 2.00. The van der Waals surface area contributed by atoms with E-state index in [1.807, 2.05) is 0 Å². The van der Waals surface area contributed by atoms with Crippen LogP contribution in [0.15, 0.2) is 18.2 Å². The second kappa shape index (κ2) is 5.22. The second-order valence-electron chi connectivity index (χ2n) is 4.55. The normalized spacial score (nSPS) is 20.1. The molecule has 1 aromatic carbocycles. The van der Waals surface area contributed by atoms with Gasteiger partial charge in [-0.15, -0.1) is 5.46 Å². The van der Waals surface area contributed by atoms with Crippen molar-refractivity contribution in [2.24, 2.45) is 0 Å². The van der Waals surface area contributed by atoms with Gasteiger partial charge in [-0.3, -0.25) is 0 Å². The lowest BCUT2D eigenvalue weighted by Crippen LogP contribution is -2.34. The minimum Gasteiger partial charge on any atom is -0.491 e. The standard InChI is InChI=1S/C12H15BF3O2/c1-9-7-10(13(14,15)16)4-5-12(9)18-8-11-3-2-6-17-11/h4-5,7,11H,2-3,6,8H2,1H3/q-1. The molecular weight excluding hydrogens is 244 g/mol. The first-order valence-corrected chi connectivity index (χ1v) is 6.02. The monoisotopic (exact) mass is 259 g/mol. The van der Waals surface area contributed by atoms with Crippen molar-refractivity contribution in [2.45, 2.75) is 25.9 Å². The van der Waals surface area contributed by atoms with Crippen LogP contribution in [0.3, 0.4) is 0 Å². The van der Waals surface area contributed by atoms with Gasteiger partial charge in [0.25, 0.3) is 0 Å². The molecule has 0 N–H and O–H groups in total. The molecule has 100 valence electrons. The SMILES string of the molecule is Cc1cc([B-](F)(F)F)ccc1OCC1CCCO1. The summed E-state index contributed by atoms with van der Waals surface area (Å²) in [4.78, 5) is 0. The van der Waals surface area contributed by atoms with E-state index in [1.165, 1.54) is 6.07 Å². The summed E-state index contributed by atoms with van der Waals surface area (Å²) in [5, 5.41) is 0. The lowest BCUT2D eigenvalue weighted by atomic mass is 9.79. The molecule has 0 bridgehead atoms. The van der Waals surface area contributed by atoms with Crippen LogP contribution in [0.2, 0.25) is 0 Å². The zero-order valence-corrected chi connectivity index (χ0v) is 10.2. The van der Waals surface area contributed by atoms with Gasteiger partial charge in [-0.05, 0) is 31.4 Å². The van der Waals surface area contributed by atoms with Crippen molar-refractivity contribution < 1.29 is 22.4 Å². The molecule has 0 aromatic heterocycles. The molecule has 2 nitrogen and oxygen atoms in total. The Kier molecular flexibility index (Phi) is 3.85. The van der Waals surface area contributed by atoms with Crippen LogP contribution >= 0.6 is 0 Å². The topological polar surface area (TPSA) is 18.5 Å². The van der Waals surface area contributed by atoms with Crippen molar-refractivity contribution in [2.75, 3.05) is 13.2 Å². The molecule has 0 aliphatic carbocycles. The number of benzene rings is 1. The summed E-state index contributed by atoms with van der Waals surface area (Å²) in [5.41, 5.74) is -0.0818. The molecule has 1 heterocycles. The third-order valence-corrected chi connectivity index (χ3v) is 3.03. The number of hydrogen-bond acceptors (Lipinski definition) is 2. The summed E-state index contributed by atoms with van der Waals surface area (Å²) in [6, 6.07) is 3.58. The summed E-state index contributed by atoms with van der Waals surface area (Å²) >= 11 is 0. The highest BCUT2D eigenvalue weighted by Gasteiger charge is 2.26. The van der Waals surface area contributed by atoms with Gasteiger partial charge in [-0.25, -0.2) is 0 Å². The highest BCUT2D eigenvalue weighted by atomic mass is 19.4. The Morgan fingerprint density at radius 3 is 2.72 bits per heavy atom. The Morgan fingerprint density at radius 1 is 1.39 bits per heavy atom. The van der Waals surface area contributed by atoms with E-state index in [0.29, 0.717) is 17.9 Å². The lowest BCUT2D eigenvalue weighted by molar-refractivity contribution is 0.0677. The van der Waals surface area contributed by atoms with E-state index in [-0.39, 0.29) is 6.10 Å². The van der Waals surface area contributed by atoms with Crippen LogP contribution in [-0.4, -0.2) is 26.3 Å². The van der Waals surface area contributed by atoms with Gasteiger partial charge >= 0.3 is 6.98 Å². The highest BCUT2D eigenvalue weighted by molar-refractivity contribution is 6.73. The van der Waals surface area contributed by atoms with Gasteiger partial charge in [0.15, 0.2) is 0 Å². The molecule has 0 radical (unpaired) electrons. The van der Waals surface area contributed by atoms with E-state index in [2.05, 4.69) is 0 Å². The van der Waals surface area contributed by atoms with E-state index < -0.39 is 12.4 Å². The van der Waals surface area contributed by atoms with Gasteiger partial charge < -0.3 is 22.4 Å². The number of hydrogen-bond donors (Lipinski definition) is 0. The Morgan fingerprint density at radius 2 is 2.17 bits per heavy atom. The fraction of sp³-hybridized carbons (Fsp3) is 0.500. The third kappa shape index (κ3) is 3.19. The molecule has 1 aliphatic rings. The molecule has 0 amide bonds. The molecule has 1 saturated heterocycles. The van der Waals surface area contributed by atoms with Crippen molar-refractivity contribution in [3.63, 3.8) is 0 Å². The van der Waals surface area contributed by atoms with Gasteiger partial charge in [-0.2, -0.15) is 0 Å². The van der Waals surface area contributed by atoms with Gasteiger partial charge in [0.2, 0.25) is 0 Å². The van der Waals surface area contributed by atoms with E-state index in [1.54, 1.807) is 6.92 Å². The molecular formula is C12H15BF3O2-. The first kappa shape index (κ1) is 13.3. The largest absolute Gasteiger partial charge is 0.509 e. The molecule has 6 heteroatoms. The quantitative estimate of drug-likeness (QED) is 0.774. The first-order chi connectivity index (χ1) is 8.47. The van der Waals surface area contributed by atoms with Gasteiger partial charge in [-0.1, -0.05) is 12.1 Å². The van der Waals surface area contributed by atoms with Crippen LogP contribution in [0, 0.1) is 6.92 Å². The zero-order valence-electron chi connectivity index (χ0n) is 10.2. The predicted octanol–water partition coefficient (Wildman–Crippen LogP) is 2.61. The van der Waals surface area contributed by atoms with E-state index in [0.717, 1.165) is 31.6 Å². The predicted molar refractivity (Wildman–Crippen MR) is 64.4 cm³/mol. The first-order valence-electron chi connectivity index (χ1n) is 6.02. The van der Waals surface area contributed by atoms with Crippen molar-refractivity contribution in [3.8, 4) is 5.75 Å². The molecule has 1 aliphatic heterocycles. The summed E-state index contributed by atoms with van der Waals surface area (Å²) in [7, 11) is 0. The van der Waals surface area contributed by atoms with Crippen LogP contribution in [0.25, 0.3) is 0 Å². The number of rotatable bonds is 4. The maximum absolute atomic E-state index is 12.5. The summed E-state index contributed by atoms with van der Waals surface area (Å²) in [6.07, 6.45) is 2.03. The second-order valence-corrected chi connectivity index (χ2v) is 4.55. The molecule has 1 aromatic rings. The number of aryl methyl sites for hydroxylation is 1. The molecule has 1 atom stereocenters. The molecule has 1 unspecified atom stereocenters. The van der Waals surface area contributed by atoms with Crippen molar-refractivity contribution in [1.29, 1.82) is 0 Å². The molecule has 1 fully saturated rings. The van der Waals surface area contributed by atoms with Crippen LogP contribution in [0.4, 0.5) is 12.9 Å². The smallest absolute Gasteiger partial charge is 0.491 e. The minimum atomic E-state index is -4.94. The van der Waals surface area contributed by atoms with Crippen LogP contribution in [0.1, 0.15) is 18.4 Å². The summed E-state index contributed by atoms with van der Waals surface area (Å²) < 4.78 is 48.5. The summed E-state index contributed by atoms with van der Waals surface area (Å²) in [6.45, 7) is -2.18. The van der Waals surface area contributed by atoms with Crippen LogP contribution in [-0.2, 0) is 4.74 Å². The summed E-state index contributed by atoms with van der Waals surface area (Å²) in [5.74, 6) is 0.495. The Bertz CT molecular complexity index is 414. The van der Waals surface area contributed by atoms with Crippen LogP contribution in [0.5, 0.6) is 5.75 Å². The number of halogens is 3. The average Bonchev–Trinajstić information content (AvgIpc) is 2.79. The maximum Gasteiger partial charge on any atom is 0.509 e. The third-order valence-electron chi connectivity index (χ3n) is 3.03. The highest BCUT2D eigenvalue weighted by Crippen LogP contribution is 2.20. The Hall–Kier alpha value is -1.17. The molecule has 18 heavy (non-hydrogen) atoms. The average molecular weight is 259 g/mol. The van der Waals surface area contributed by atoms with Gasteiger partial charge in [0, 0.05) is 6.61 Å². The fourth-order valence-electron chi connectivity index (χ4n) is 2.00. The van der Waals surface area contributed by atoms with E-state index in [4.69, 9.17) is 9.47 Å². The van der Waals surface area contributed by atoms with Gasteiger partial charge in [0.05, 0.1) is 6.10 Å². The van der Waals surface area contributed by atoms with Crippen molar-refractivity contribution in [3.05, 3.63) is 23.8 Å². The molecule has 0 spiro atoms. The number of ether oxygens (including phenoxy) is 2. The van der Waals surface area contributed by atoms with Crippen molar-refractivity contribution in [1.82, 2.24) is 0 Å².